The predicted molar refractivity (Wildman–Crippen MR) is 119 cm³/mol. The summed E-state index contributed by atoms with van der Waals surface area (Å²) in [5, 5.41) is 8.41. The average Bonchev–Trinajstić information content (AvgIpc) is 3.45. The molecule has 1 aliphatic heterocycles. The van der Waals surface area contributed by atoms with Gasteiger partial charge >= 0.3 is 0 Å². The Balaban J connectivity index is 1.47. The predicted octanol–water partition coefficient (Wildman–Crippen LogP) is 4.32. The number of halogens is 1. The minimum Gasteiger partial charge on any atom is -0.496 e. The van der Waals surface area contributed by atoms with Crippen LogP contribution in [0.4, 0.5) is 4.39 Å². The lowest BCUT2D eigenvalue weighted by molar-refractivity contribution is 0.0714. The molecule has 168 valence electrons. The van der Waals surface area contributed by atoms with Gasteiger partial charge in [0.05, 0.1) is 18.9 Å². The molecule has 8 heteroatoms. The van der Waals surface area contributed by atoms with Crippen LogP contribution in [-0.2, 0) is 13.6 Å². The molecule has 0 N–H and O–H groups in total. The van der Waals surface area contributed by atoms with E-state index in [0.29, 0.717) is 30.2 Å². The van der Waals surface area contributed by atoms with Crippen LogP contribution in [0.3, 0.4) is 0 Å². The van der Waals surface area contributed by atoms with Gasteiger partial charge in [-0.1, -0.05) is 29.4 Å². The van der Waals surface area contributed by atoms with Crippen molar-refractivity contribution >= 4 is 5.91 Å². The summed E-state index contributed by atoms with van der Waals surface area (Å²) in [6.45, 7) is 3.02. The molecule has 1 unspecified atom stereocenters. The molecule has 3 heterocycles. The van der Waals surface area contributed by atoms with Crippen molar-refractivity contribution in [1.29, 1.82) is 0 Å². The molecule has 0 bridgehead atoms. The van der Waals surface area contributed by atoms with Gasteiger partial charge in [-0.15, -0.1) is 0 Å². The highest BCUT2D eigenvalue weighted by atomic mass is 19.1. The molecule has 2 aromatic heterocycles. The number of amides is 1. The largest absolute Gasteiger partial charge is 0.496 e. The van der Waals surface area contributed by atoms with E-state index in [1.54, 1.807) is 17.0 Å². The lowest BCUT2D eigenvalue weighted by Crippen LogP contribution is -2.38. The van der Waals surface area contributed by atoms with Crippen LogP contribution in [0.2, 0.25) is 0 Å². The number of aryl methyl sites for hydroxylation is 1. The fraction of sp³-hybridized carbons (Fsp3) is 0.240. The number of fused-ring (bicyclic) bond motifs is 1. The second-order valence-corrected chi connectivity index (χ2v) is 8.17. The molecule has 0 saturated heterocycles. The van der Waals surface area contributed by atoms with Crippen molar-refractivity contribution in [3.8, 4) is 17.1 Å². The summed E-state index contributed by atoms with van der Waals surface area (Å²) >= 11 is 0. The van der Waals surface area contributed by atoms with Gasteiger partial charge < -0.3 is 14.2 Å². The first-order chi connectivity index (χ1) is 16.0. The summed E-state index contributed by atoms with van der Waals surface area (Å²) in [6.07, 6.45) is 1.87. The van der Waals surface area contributed by atoms with Crippen LogP contribution in [0.25, 0.3) is 11.3 Å². The van der Waals surface area contributed by atoms with Crippen LogP contribution in [0.5, 0.6) is 5.75 Å². The van der Waals surface area contributed by atoms with Crippen LogP contribution < -0.4 is 4.74 Å². The van der Waals surface area contributed by atoms with Crippen molar-refractivity contribution in [1.82, 2.24) is 19.8 Å². The number of carbonyl (C=O) groups excluding carboxylic acids is 1. The smallest absolute Gasteiger partial charge is 0.276 e. The molecule has 1 atom stereocenters. The maximum atomic E-state index is 13.6. The van der Waals surface area contributed by atoms with Gasteiger partial charge in [0.2, 0.25) is 0 Å². The Kier molecular flexibility index (Phi) is 5.20. The standard InChI is InChI=1S/C25H23FN4O3/c1-15-20(12-27-29(15)2)21-14-30(13-16-6-4-5-7-18(16)21)25(31)22-11-24(33-28-22)19-9-8-17(26)10-23(19)32-3/h4-12,21H,13-14H2,1-3H3. The summed E-state index contributed by atoms with van der Waals surface area (Å²) < 4.78 is 26.1. The maximum Gasteiger partial charge on any atom is 0.276 e. The van der Waals surface area contributed by atoms with Crippen molar-refractivity contribution in [3.05, 3.63) is 88.6 Å². The van der Waals surface area contributed by atoms with Gasteiger partial charge in [0.15, 0.2) is 11.5 Å². The Hall–Kier alpha value is -3.94. The van der Waals surface area contributed by atoms with E-state index in [2.05, 4.69) is 16.3 Å². The number of hydrogen-bond acceptors (Lipinski definition) is 5. The summed E-state index contributed by atoms with van der Waals surface area (Å²) in [4.78, 5) is 15.2. The van der Waals surface area contributed by atoms with Crippen molar-refractivity contribution in [3.63, 3.8) is 0 Å². The van der Waals surface area contributed by atoms with Gasteiger partial charge in [-0.3, -0.25) is 9.48 Å². The first kappa shape index (κ1) is 20.9. The van der Waals surface area contributed by atoms with Gasteiger partial charge in [0.1, 0.15) is 11.6 Å². The quantitative estimate of drug-likeness (QED) is 0.467. The third-order valence-corrected chi connectivity index (χ3v) is 6.29. The van der Waals surface area contributed by atoms with E-state index in [4.69, 9.17) is 9.26 Å². The van der Waals surface area contributed by atoms with Crippen molar-refractivity contribution in [2.24, 2.45) is 7.05 Å². The molecule has 0 aliphatic carbocycles. The molecule has 33 heavy (non-hydrogen) atoms. The zero-order valence-electron chi connectivity index (χ0n) is 18.6. The average molecular weight is 446 g/mol. The lowest BCUT2D eigenvalue weighted by Gasteiger charge is -2.34. The summed E-state index contributed by atoms with van der Waals surface area (Å²) in [7, 11) is 3.36. The maximum absolute atomic E-state index is 13.6. The Morgan fingerprint density at radius 2 is 2.00 bits per heavy atom. The van der Waals surface area contributed by atoms with Crippen LogP contribution in [0.1, 0.15) is 38.8 Å². The van der Waals surface area contributed by atoms with Gasteiger partial charge in [0.25, 0.3) is 5.91 Å². The van der Waals surface area contributed by atoms with E-state index < -0.39 is 5.82 Å². The Bertz CT molecular complexity index is 1340. The van der Waals surface area contributed by atoms with Gasteiger partial charge in [-0.05, 0) is 30.2 Å². The van der Waals surface area contributed by atoms with E-state index in [1.165, 1.54) is 24.8 Å². The van der Waals surface area contributed by atoms with Crippen molar-refractivity contribution in [2.45, 2.75) is 19.4 Å². The van der Waals surface area contributed by atoms with E-state index in [-0.39, 0.29) is 17.5 Å². The summed E-state index contributed by atoms with van der Waals surface area (Å²) in [5.41, 5.74) is 5.18. The molecule has 1 aliphatic rings. The highest BCUT2D eigenvalue weighted by Gasteiger charge is 2.32. The minimum absolute atomic E-state index is 0.0103. The molecule has 5 rings (SSSR count). The first-order valence-electron chi connectivity index (χ1n) is 10.6. The number of methoxy groups -OCH3 is 1. The monoisotopic (exact) mass is 446 g/mol. The van der Waals surface area contributed by atoms with E-state index in [0.717, 1.165) is 16.8 Å². The number of hydrogen-bond donors (Lipinski definition) is 0. The SMILES string of the molecule is COc1cc(F)ccc1-c1cc(C(=O)N2Cc3ccccc3C(c3cnn(C)c3C)C2)no1. The summed E-state index contributed by atoms with van der Waals surface area (Å²) in [5.74, 6) is 0.00912. The molecule has 4 aromatic rings. The van der Waals surface area contributed by atoms with Gasteiger partial charge in [0, 0.05) is 49.4 Å². The zero-order chi connectivity index (χ0) is 23.1. The van der Waals surface area contributed by atoms with Crippen LogP contribution in [0.15, 0.2) is 59.3 Å². The number of aromatic nitrogens is 3. The third kappa shape index (κ3) is 3.67. The minimum atomic E-state index is -0.421. The topological polar surface area (TPSA) is 73.4 Å². The van der Waals surface area contributed by atoms with Crippen LogP contribution >= 0.6 is 0 Å². The number of benzene rings is 2. The van der Waals surface area contributed by atoms with Gasteiger partial charge in [-0.25, -0.2) is 4.39 Å². The molecule has 7 nitrogen and oxygen atoms in total. The number of rotatable bonds is 4. The molecule has 1 amide bonds. The van der Waals surface area contributed by atoms with Crippen LogP contribution in [0, 0.1) is 12.7 Å². The third-order valence-electron chi connectivity index (χ3n) is 6.29. The second kappa shape index (κ2) is 8.20. The normalized spacial score (nSPS) is 15.4. The number of nitrogens with zero attached hydrogens (tertiary/aromatic N) is 4. The molecule has 0 spiro atoms. The molecule has 0 radical (unpaired) electrons. The molecule has 2 aromatic carbocycles. The number of carbonyl (C=O) groups is 1. The van der Waals surface area contributed by atoms with Gasteiger partial charge in [-0.2, -0.15) is 5.10 Å². The fourth-order valence-corrected chi connectivity index (χ4v) is 4.42. The van der Waals surface area contributed by atoms with E-state index in [1.807, 2.05) is 43.0 Å². The van der Waals surface area contributed by atoms with Crippen molar-refractivity contribution in [2.75, 3.05) is 13.7 Å². The highest BCUT2D eigenvalue weighted by molar-refractivity contribution is 5.93. The zero-order valence-corrected chi connectivity index (χ0v) is 18.6. The molecular weight excluding hydrogens is 423 g/mol. The molecule has 0 fully saturated rings. The summed E-state index contributed by atoms with van der Waals surface area (Å²) in [6, 6.07) is 13.9. The molecule has 0 saturated carbocycles. The van der Waals surface area contributed by atoms with Crippen molar-refractivity contribution < 1.29 is 18.4 Å². The fourth-order valence-electron chi connectivity index (χ4n) is 4.42. The Labute approximate surface area is 190 Å². The highest BCUT2D eigenvalue weighted by Crippen LogP contribution is 2.36. The van der Waals surface area contributed by atoms with E-state index in [9.17, 15) is 9.18 Å². The number of ether oxygens (including phenoxy) is 1. The molecular formula is C25H23FN4O3. The Morgan fingerprint density at radius 1 is 1.18 bits per heavy atom. The first-order valence-corrected chi connectivity index (χ1v) is 10.6. The Morgan fingerprint density at radius 3 is 2.76 bits per heavy atom. The lowest BCUT2D eigenvalue weighted by atomic mass is 9.85. The van der Waals surface area contributed by atoms with E-state index >= 15 is 0 Å². The van der Waals surface area contributed by atoms with Crippen LogP contribution in [-0.4, -0.2) is 39.4 Å². The second-order valence-electron chi connectivity index (χ2n) is 8.17.